The maximum absolute atomic E-state index is 10.1. The van der Waals surface area contributed by atoms with E-state index in [4.69, 9.17) is 9.47 Å². The predicted molar refractivity (Wildman–Crippen MR) is 117 cm³/mol. The quantitative estimate of drug-likeness (QED) is 0.575. The Labute approximate surface area is 172 Å². The average molecular weight is 399 g/mol. The molecule has 0 bridgehead atoms. The predicted octanol–water partition coefficient (Wildman–Crippen LogP) is 2.35. The van der Waals surface area contributed by atoms with Gasteiger partial charge in [0.25, 0.3) is 0 Å². The minimum atomic E-state index is 0.256. The van der Waals surface area contributed by atoms with Gasteiger partial charge in [0, 0.05) is 45.8 Å². The molecule has 0 aromatic heterocycles. The van der Waals surface area contributed by atoms with E-state index in [1.165, 1.54) is 0 Å². The van der Waals surface area contributed by atoms with Crippen LogP contribution in [0.25, 0.3) is 0 Å². The first-order chi connectivity index (χ1) is 14.2. The second-order valence-electron chi connectivity index (χ2n) is 6.86. The van der Waals surface area contributed by atoms with Crippen LogP contribution in [0.4, 0.5) is 5.69 Å². The molecule has 1 heterocycles. The molecule has 0 atom stereocenters. The number of methoxy groups -OCH3 is 2. The van der Waals surface area contributed by atoms with Crippen LogP contribution in [-0.4, -0.2) is 70.0 Å². The van der Waals surface area contributed by atoms with Gasteiger partial charge in [-0.1, -0.05) is 18.2 Å². The number of anilines is 1. The smallest absolute Gasteiger partial charge is 0.193 e. The van der Waals surface area contributed by atoms with Gasteiger partial charge in [-0.05, 0) is 30.2 Å². The Hall–Kier alpha value is -3.09. The van der Waals surface area contributed by atoms with Crippen molar-refractivity contribution in [2.75, 3.05) is 58.9 Å². The van der Waals surface area contributed by atoms with Gasteiger partial charge in [0.2, 0.25) is 0 Å². The highest BCUT2D eigenvalue weighted by molar-refractivity contribution is 5.80. The number of piperazine rings is 1. The molecule has 29 heavy (non-hydrogen) atoms. The van der Waals surface area contributed by atoms with Crippen LogP contribution in [0.15, 0.2) is 47.5 Å². The van der Waals surface area contributed by atoms with E-state index >= 15 is 0 Å². The fourth-order valence-corrected chi connectivity index (χ4v) is 3.57. The van der Waals surface area contributed by atoms with Crippen molar-refractivity contribution in [3.63, 3.8) is 0 Å². The number of hydrogen-bond donors (Lipinski definition) is 2. The first-order valence-electron chi connectivity index (χ1n) is 9.85. The standard InChI is InChI=1S/C22H30N4O3/c1-23-22(24-11-10-17-8-9-18(28-2)16-20(17)27)26-14-12-25(13-15-26)19-6-4-5-7-21(19)29-3/h4-9,16,27H,10-15H2,1-3H3,(H,23,24). The SMILES string of the molecule is CN=C(NCCc1ccc(OC)cc1O)N1CCN(c2ccccc2OC)CC1. The molecule has 0 saturated carbocycles. The first-order valence-corrected chi connectivity index (χ1v) is 9.85. The van der Waals surface area contributed by atoms with Crippen LogP contribution in [0.3, 0.4) is 0 Å². The van der Waals surface area contributed by atoms with Crippen LogP contribution in [0.1, 0.15) is 5.56 Å². The molecule has 2 aromatic rings. The van der Waals surface area contributed by atoms with Crippen molar-refractivity contribution >= 4 is 11.6 Å². The van der Waals surface area contributed by atoms with E-state index in [1.807, 2.05) is 30.3 Å². The van der Waals surface area contributed by atoms with Crippen molar-refractivity contribution in [3.05, 3.63) is 48.0 Å². The molecule has 0 radical (unpaired) electrons. The molecule has 7 heteroatoms. The van der Waals surface area contributed by atoms with E-state index in [9.17, 15) is 5.11 Å². The Morgan fingerprint density at radius 1 is 1.07 bits per heavy atom. The molecule has 2 N–H and O–H groups in total. The summed E-state index contributed by atoms with van der Waals surface area (Å²) in [6.07, 6.45) is 0.704. The summed E-state index contributed by atoms with van der Waals surface area (Å²) >= 11 is 0. The van der Waals surface area contributed by atoms with Gasteiger partial charge >= 0.3 is 0 Å². The Balaban J connectivity index is 1.52. The summed E-state index contributed by atoms with van der Waals surface area (Å²) in [7, 11) is 5.11. The average Bonchev–Trinajstić information content (AvgIpc) is 2.77. The minimum absolute atomic E-state index is 0.256. The number of hydrogen-bond acceptors (Lipinski definition) is 5. The lowest BCUT2D eigenvalue weighted by molar-refractivity contribution is 0.367. The third-order valence-corrected chi connectivity index (χ3v) is 5.19. The molecular formula is C22H30N4O3. The summed E-state index contributed by atoms with van der Waals surface area (Å²) < 4.78 is 10.6. The second-order valence-corrected chi connectivity index (χ2v) is 6.86. The number of rotatable bonds is 6. The molecule has 0 unspecified atom stereocenters. The van der Waals surface area contributed by atoms with Gasteiger partial charge in [-0.15, -0.1) is 0 Å². The van der Waals surface area contributed by atoms with Crippen molar-refractivity contribution in [1.82, 2.24) is 10.2 Å². The normalized spacial score (nSPS) is 14.7. The zero-order valence-electron chi connectivity index (χ0n) is 17.4. The molecule has 0 spiro atoms. The van der Waals surface area contributed by atoms with Gasteiger partial charge in [0.15, 0.2) is 5.96 Å². The molecular weight excluding hydrogens is 368 g/mol. The van der Waals surface area contributed by atoms with Gasteiger partial charge in [-0.25, -0.2) is 0 Å². The van der Waals surface area contributed by atoms with E-state index < -0.39 is 0 Å². The summed E-state index contributed by atoms with van der Waals surface area (Å²) in [6.45, 7) is 4.26. The van der Waals surface area contributed by atoms with Crippen molar-refractivity contribution < 1.29 is 14.6 Å². The summed E-state index contributed by atoms with van der Waals surface area (Å²) in [5.41, 5.74) is 2.02. The number of phenols is 1. The van der Waals surface area contributed by atoms with Gasteiger partial charge in [-0.2, -0.15) is 0 Å². The van der Waals surface area contributed by atoms with Gasteiger partial charge in [0.05, 0.1) is 19.9 Å². The Morgan fingerprint density at radius 3 is 2.48 bits per heavy atom. The third-order valence-electron chi connectivity index (χ3n) is 5.19. The van der Waals surface area contributed by atoms with Gasteiger partial charge < -0.3 is 29.7 Å². The molecule has 1 fully saturated rings. The van der Waals surface area contributed by atoms with E-state index in [2.05, 4.69) is 26.2 Å². The first kappa shape index (κ1) is 20.6. The zero-order valence-corrected chi connectivity index (χ0v) is 17.4. The molecule has 1 aliphatic rings. The monoisotopic (exact) mass is 398 g/mol. The summed E-state index contributed by atoms with van der Waals surface area (Å²) in [5.74, 6) is 2.70. The Bertz CT molecular complexity index is 833. The number of aromatic hydroxyl groups is 1. The maximum atomic E-state index is 10.1. The van der Waals surface area contributed by atoms with Crippen molar-refractivity contribution in [3.8, 4) is 17.2 Å². The topological polar surface area (TPSA) is 69.6 Å². The number of guanidine groups is 1. The fraction of sp³-hybridized carbons (Fsp3) is 0.409. The highest BCUT2D eigenvalue weighted by Gasteiger charge is 2.21. The van der Waals surface area contributed by atoms with E-state index in [1.54, 1.807) is 27.3 Å². The zero-order chi connectivity index (χ0) is 20.6. The van der Waals surface area contributed by atoms with Gasteiger partial charge in [0.1, 0.15) is 17.2 Å². The van der Waals surface area contributed by atoms with E-state index in [0.29, 0.717) is 18.7 Å². The Morgan fingerprint density at radius 2 is 1.83 bits per heavy atom. The molecule has 1 saturated heterocycles. The lowest BCUT2D eigenvalue weighted by Crippen LogP contribution is -2.52. The van der Waals surface area contributed by atoms with Crippen LogP contribution < -0.4 is 19.7 Å². The van der Waals surface area contributed by atoms with Crippen molar-refractivity contribution in [2.45, 2.75) is 6.42 Å². The fourth-order valence-electron chi connectivity index (χ4n) is 3.57. The number of para-hydroxylation sites is 2. The lowest BCUT2D eigenvalue weighted by atomic mass is 10.1. The third kappa shape index (κ3) is 5.04. The summed E-state index contributed by atoms with van der Waals surface area (Å²) in [4.78, 5) is 9.04. The number of nitrogens with one attached hydrogen (secondary N) is 1. The van der Waals surface area contributed by atoms with Crippen LogP contribution in [0, 0.1) is 0 Å². The number of aliphatic imine (C=N–C) groups is 1. The van der Waals surface area contributed by atoms with Crippen LogP contribution in [0.2, 0.25) is 0 Å². The number of benzene rings is 2. The maximum Gasteiger partial charge on any atom is 0.193 e. The largest absolute Gasteiger partial charge is 0.508 e. The molecule has 7 nitrogen and oxygen atoms in total. The van der Waals surface area contributed by atoms with Crippen LogP contribution >= 0.6 is 0 Å². The number of ether oxygens (including phenoxy) is 2. The highest BCUT2D eigenvalue weighted by Crippen LogP contribution is 2.28. The summed E-state index contributed by atoms with van der Waals surface area (Å²) in [5, 5.41) is 13.5. The van der Waals surface area contributed by atoms with Crippen molar-refractivity contribution in [1.29, 1.82) is 0 Å². The number of phenolic OH excluding ortho intramolecular Hbond substituents is 1. The van der Waals surface area contributed by atoms with Crippen molar-refractivity contribution in [2.24, 2.45) is 4.99 Å². The van der Waals surface area contributed by atoms with E-state index in [-0.39, 0.29) is 5.75 Å². The second kappa shape index (κ2) is 9.91. The Kier molecular flexibility index (Phi) is 7.05. The molecule has 0 aliphatic carbocycles. The number of nitrogens with zero attached hydrogens (tertiary/aromatic N) is 3. The molecule has 156 valence electrons. The minimum Gasteiger partial charge on any atom is -0.508 e. The van der Waals surface area contributed by atoms with Crippen LogP contribution in [-0.2, 0) is 6.42 Å². The molecule has 1 aliphatic heterocycles. The van der Waals surface area contributed by atoms with E-state index in [0.717, 1.165) is 49.1 Å². The highest BCUT2D eigenvalue weighted by atomic mass is 16.5. The van der Waals surface area contributed by atoms with Crippen LogP contribution in [0.5, 0.6) is 17.2 Å². The molecule has 3 rings (SSSR count). The molecule has 0 amide bonds. The molecule has 2 aromatic carbocycles. The van der Waals surface area contributed by atoms with Gasteiger partial charge in [-0.3, -0.25) is 4.99 Å². The lowest BCUT2D eigenvalue weighted by Gasteiger charge is -2.38. The summed E-state index contributed by atoms with van der Waals surface area (Å²) in [6, 6.07) is 13.5.